The molecule has 1 unspecified atom stereocenters. The molecule has 3 N–H and O–H groups in total. The summed E-state index contributed by atoms with van der Waals surface area (Å²) in [4.78, 5) is 13.8. The van der Waals surface area contributed by atoms with Gasteiger partial charge in [0.05, 0.1) is 12.1 Å². The fourth-order valence-corrected chi connectivity index (χ4v) is 2.85. The first-order valence-electron chi connectivity index (χ1n) is 7.32. The largest absolute Gasteiger partial charge is 0.389 e. The average molecular weight is 276 g/mol. The van der Waals surface area contributed by atoms with Crippen molar-refractivity contribution in [1.82, 2.24) is 4.90 Å². The minimum Gasteiger partial charge on any atom is -0.389 e. The molecule has 0 radical (unpaired) electrons. The van der Waals surface area contributed by atoms with Gasteiger partial charge in [-0.25, -0.2) is 0 Å². The lowest BCUT2D eigenvalue weighted by molar-refractivity contribution is -0.123. The lowest BCUT2D eigenvalue weighted by Crippen LogP contribution is -2.35. The molecule has 0 spiro atoms. The number of rotatable bonds is 5. The summed E-state index contributed by atoms with van der Waals surface area (Å²) in [6.45, 7) is 2.72. The van der Waals surface area contributed by atoms with Gasteiger partial charge in [0, 0.05) is 19.5 Å². The van der Waals surface area contributed by atoms with Crippen LogP contribution in [0.15, 0.2) is 30.3 Å². The third kappa shape index (κ3) is 4.40. The number of aliphatic hydroxyl groups is 1. The van der Waals surface area contributed by atoms with Crippen molar-refractivity contribution in [2.24, 2.45) is 5.73 Å². The van der Waals surface area contributed by atoms with Gasteiger partial charge in [0.25, 0.3) is 0 Å². The summed E-state index contributed by atoms with van der Waals surface area (Å²) < 4.78 is 0. The van der Waals surface area contributed by atoms with E-state index in [1.807, 2.05) is 18.2 Å². The van der Waals surface area contributed by atoms with Crippen LogP contribution in [0.25, 0.3) is 0 Å². The van der Waals surface area contributed by atoms with E-state index in [4.69, 9.17) is 5.73 Å². The van der Waals surface area contributed by atoms with E-state index in [2.05, 4.69) is 17.0 Å². The molecule has 1 fully saturated rings. The number of hydrogen-bond donors (Lipinski definition) is 2. The molecule has 1 aromatic carbocycles. The highest BCUT2D eigenvalue weighted by molar-refractivity contribution is 5.81. The maximum Gasteiger partial charge on any atom is 0.149 e. The molecule has 0 aliphatic carbocycles. The molecule has 1 atom stereocenters. The van der Waals surface area contributed by atoms with E-state index >= 15 is 0 Å². The molecule has 1 heterocycles. The van der Waals surface area contributed by atoms with Gasteiger partial charge < -0.3 is 10.8 Å². The van der Waals surface area contributed by atoms with Gasteiger partial charge in [-0.05, 0) is 31.4 Å². The van der Waals surface area contributed by atoms with Gasteiger partial charge in [-0.3, -0.25) is 9.69 Å². The highest BCUT2D eigenvalue weighted by Crippen LogP contribution is 2.26. The normalized spacial score (nSPS) is 24.3. The van der Waals surface area contributed by atoms with Crippen molar-refractivity contribution >= 4 is 5.78 Å². The zero-order valence-electron chi connectivity index (χ0n) is 11.9. The maximum absolute atomic E-state index is 11.5. The lowest BCUT2D eigenvalue weighted by atomic mass is 9.89. The highest BCUT2D eigenvalue weighted by Gasteiger charge is 2.31. The number of carbonyl (C=O) groups excluding carboxylic acids is 1. The predicted octanol–water partition coefficient (Wildman–Crippen LogP) is 1.32. The van der Waals surface area contributed by atoms with Crippen molar-refractivity contribution in [3.05, 3.63) is 35.9 Å². The van der Waals surface area contributed by atoms with Crippen molar-refractivity contribution in [3.8, 4) is 0 Å². The lowest BCUT2D eigenvalue weighted by Gasteiger charge is -2.26. The number of hydrogen-bond acceptors (Lipinski definition) is 4. The molecular weight excluding hydrogens is 252 g/mol. The zero-order chi connectivity index (χ0) is 14.4. The van der Waals surface area contributed by atoms with Crippen LogP contribution < -0.4 is 5.73 Å². The van der Waals surface area contributed by atoms with E-state index in [-0.39, 0.29) is 18.7 Å². The first kappa shape index (κ1) is 15.2. The average Bonchev–Trinajstić information content (AvgIpc) is 2.62. The molecule has 4 heteroatoms. The summed E-state index contributed by atoms with van der Waals surface area (Å²) in [5, 5.41) is 10.5. The van der Waals surface area contributed by atoms with Crippen molar-refractivity contribution in [1.29, 1.82) is 0 Å². The van der Waals surface area contributed by atoms with Gasteiger partial charge in [-0.1, -0.05) is 30.3 Å². The maximum atomic E-state index is 11.5. The number of ketones is 1. The molecule has 1 aliphatic rings. The number of nitrogens with two attached hydrogens (primary N) is 1. The second-order valence-corrected chi connectivity index (χ2v) is 5.76. The van der Waals surface area contributed by atoms with Gasteiger partial charge in [0.1, 0.15) is 5.78 Å². The van der Waals surface area contributed by atoms with Crippen LogP contribution in [0.2, 0.25) is 0 Å². The molecule has 1 saturated heterocycles. The van der Waals surface area contributed by atoms with Crippen LogP contribution in [0.1, 0.15) is 31.2 Å². The Balaban J connectivity index is 1.90. The SMILES string of the molecule is NCC(=O)CC1(O)CCCN(Cc2ccccc2)CC1. The number of nitrogens with zero attached hydrogens (tertiary/aromatic N) is 1. The van der Waals surface area contributed by atoms with Crippen LogP contribution in [-0.4, -0.2) is 41.0 Å². The monoisotopic (exact) mass is 276 g/mol. The second-order valence-electron chi connectivity index (χ2n) is 5.76. The van der Waals surface area contributed by atoms with Crippen LogP contribution in [0.5, 0.6) is 0 Å². The predicted molar refractivity (Wildman–Crippen MR) is 79.2 cm³/mol. The zero-order valence-corrected chi connectivity index (χ0v) is 11.9. The van der Waals surface area contributed by atoms with E-state index in [1.165, 1.54) is 5.56 Å². The Morgan fingerprint density at radius 2 is 2.00 bits per heavy atom. The van der Waals surface area contributed by atoms with E-state index in [1.54, 1.807) is 0 Å². The van der Waals surface area contributed by atoms with Gasteiger partial charge in [-0.2, -0.15) is 0 Å². The molecule has 0 amide bonds. The van der Waals surface area contributed by atoms with Crippen molar-refractivity contribution in [3.63, 3.8) is 0 Å². The molecule has 1 aliphatic heterocycles. The molecule has 0 bridgehead atoms. The van der Waals surface area contributed by atoms with E-state index in [0.717, 1.165) is 26.1 Å². The van der Waals surface area contributed by atoms with Crippen LogP contribution in [0.4, 0.5) is 0 Å². The molecule has 0 saturated carbocycles. The molecule has 1 aromatic rings. The fourth-order valence-electron chi connectivity index (χ4n) is 2.85. The van der Waals surface area contributed by atoms with Gasteiger partial charge in [0.15, 0.2) is 0 Å². The number of Topliss-reactive ketones (excluding diaryl/α,β-unsaturated/α-hetero) is 1. The van der Waals surface area contributed by atoms with Crippen LogP contribution >= 0.6 is 0 Å². The summed E-state index contributed by atoms with van der Waals surface area (Å²) in [7, 11) is 0. The van der Waals surface area contributed by atoms with E-state index in [9.17, 15) is 9.90 Å². The smallest absolute Gasteiger partial charge is 0.149 e. The molecule has 0 aromatic heterocycles. The second kappa shape index (κ2) is 6.97. The Bertz CT molecular complexity index is 435. The van der Waals surface area contributed by atoms with Crippen molar-refractivity contribution in [2.45, 2.75) is 37.8 Å². The third-order valence-electron chi connectivity index (χ3n) is 4.01. The summed E-state index contributed by atoms with van der Waals surface area (Å²) in [5.74, 6) is -0.0518. The molecule has 20 heavy (non-hydrogen) atoms. The van der Waals surface area contributed by atoms with Crippen molar-refractivity contribution in [2.75, 3.05) is 19.6 Å². The summed E-state index contributed by atoms with van der Waals surface area (Å²) in [6.07, 6.45) is 2.44. The van der Waals surface area contributed by atoms with Crippen LogP contribution in [0, 0.1) is 0 Å². The van der Waals surface area contributed by atoms with Gasteiger partial charge >= 0.3 is 0 Å². The topological polar surface area (TPSA) is 66.6 Å². The Hall–Kier alpha value is -1.23. The Labute approximate surface area is 120 Å². The first-order valence-corrected chi connectivity index (χ1v) is 7.32. The number of carbonyl (C=O) groups is 1. The standard InChI is InChI=1S/C16H24N2O2/c17-12-15(19)11-16(20)7-4-9-18(10-8-16)13-14-5-2-1-3-6-14/h1-3,5-6,20H,4,7-13,17H2. The number of benzene rings is 1. The summed E-state index contributed by atoms with van der Waals surface area (Å²) in [6, 6.07) is 10.3. The quantitative estimate of drug-likeness (QED) is 0.851. The number of likely N-dealkylation sites (tertiary alicyclic amines) is 1. The summed E-state index contributed by atoms with van der Waals surface area (Å²) >= 11 is 0. The fraction of sp³-hybridized carbons (Fsp3) is 0.562. The van der Waals surface area contributed by atoms with Crippen LogP contribution in [-0.2, 0) is 11.3 Å². The van der Waals surface area contributed by atoms with E-state index in [0.29, 0.717) is 12.8 Å². The van der Waals surface area contributed by atoms with Gasteiger partial charge in [-0.15, -0.1) is 0 Å². The molecule has 110 valence electrons. The van der Waals surface area contributed by atoms with Crippen molar-refractivity contribution < 1.29 is 9.90 Å². The minimum absolute atomic E-state index is 0.0238. The van der Waals surface area contributed by atoms with Gasteiger partial charge in [0.2, 0.25) is 0 Å². The minimum atomic E-state index is -0.859. The molecular formula is C16H24N2O2. The Kier molecular flexibility index (Phi) is 5.29. The third-order valence-corrected chi connectivity index (χ3v) is 4.01. The summed E-state index contributed by atoms with van der Waals surface area (Å²) in [5.41, 5.74) is 5.77. The molecule has 2 rings (SSSR count). The highest BCUT2D eigenvalue weighted by atomic mass is 16.3. The first-order chi connectivity index (χ1) is 9.61. The Morgan fingerprint density at radius 3 is 2.70 bits per heavy atom. The molecule has 4 nitrogen and oxygen atoms in total. The van der Waals surface area contributed by atoms with Crippen LogP contribution in [0.3, 0.4) is 0 Å². The Morgan fingerprint density at radius 1 is 1.25 bits per heavy atom. The van der Waals surface area contributed by atoms with E-state index < -0.39 is 5.60 Å².